The van der Waals surface area contributed by atoms with Gasteiger partial charge in [0.2, 0.25) is 0 Å². The highest BCUT2D eigenvalue weighted by Crippen LogP contribution is 2.35. The zero-order valence-electron chi connectivity index (χ0n) is 9.70. The summed E-state index contributed by atoms with van der Waals surface area (Å²) in [5.74, 6) is -0.491. The van der Waals surface area contributed by atoms with Crippen LogP contribution in [0.3, 0.4) is 0 Å². The number of nitrogens with two attached hydrogens (primary N) is 1. The van der Waals surface area contributed by atoms with Crippen molar-refractivity contribution in [1.29, 1.82) is 0 Å². The first-order valence-corrected chi connectivity index (χ1v) is 7.02. The van der Waals surface area contributed by atoms with Crippen LogP contribution in [0.15, 0.2) is 24.5 Å². The van der Waals surface area contributed by atoms with E-state index in [4.69, 9.17) is 15.5 Å². The summed E-state index contributed by atoms with van der Waals surface area (Å²) < 4.78 is 12.4. The Labute approximate surface area is 116 Å². The molecule has 0 saturated carbocycles. The molecular weight excluding hydrogens is 323 g/mol. The summed E-state index contributed by atoms with van der Waals surface area (Å²) in [7, 11) is -3.90. The SMILES string of the molecule is NC(=O)c1ccc[n+](CCCCP(=O)(O)O)c1.[Br-]. The highest BCUT2D eigenvalue weighted by Gasteiger charge is 2.12. The third-order valence-electron chi connectivity index (χ3n) is 2.26. The number of hydrogen-bond donors (Lipinski definition) is 3. The summed E-state index contributed by atoms with van der Waals surface area (Å²) >= 11 is 0. The lowest BCUT2D eigenvalue weighted by atomic mass is 10.2. The molecule has 8 heteroatoms. The Kier molecular flexibility index (Phi) is 7.32. The molecular formula is C10H16BrN2O4P. The van der Waals surface area contributed by atoms with Crippen molar-refractivity contribution in [3.8, 4) is 0 Å². The van der Waals surface area contributed by atoms with Gasteiger partial charge in [-0.15, -0.1) is 0 Å². The number of rotatable bonds is 6. The highest BCUT2D eigenvalue weighted by molar-refractivity contribution is 7.51. The number of carbonyl (C=O) groups is 1. The van der Waals surface area contributed by atoms with Crippen molar-refractivity contribution >= 4 is 13.5 Å². The van der Waals surface area contributed by atoms with E-state index >= 15 is 0 Å². The van der Waals surface area contributed by atoms with Gasteiger partial charge in [-0.3, -0.25) is 9.36 Å². The van der Waals surface area contributed by atoms with Crippen molar-refractivity contribution in [3.63, 3.8) is 0 Å². The van der Waals surface area contributed by atoms with Crippen LogP contribution in [0.5, 0.6) is 0 Å². The Morgan fingerprint density at radius 1 is 1.39 bits per heavy atom. The zero-order chi connectivity index (χ0) is 12.9. The van der Waals surface area contributed by atoms with Gasteiger partial charge in [0.15, 0.2) is 12.4 Å². The Morgan fingerprint density at radius 2 is 2.06 bits per heavy atom. The molecule has 0 aliphatic carbocycles. The zero-order valence-corrected chi connectivity index (χ0v) is 12.2. The van der Waals surface area contributed by atoms with Crippen LogP contribution in [0.1, 0.15) is 23.2 Å². The third kappa shape index (κ3) is 6.86. The topological polar surface area (TPSA) is 105 Å². The maximum absolute atomic E-state index is 10.9. The summed E-state index contributed by atoms with van der Waals surface area (Å²) in [6.45, 7) is 0.598. The molecule has 1 heterocycles. The summed E-state index contributed by atoms with van der Waals surface area (Å²) in [4.78, 5) is 28.3. The van der Waals surface area contributed by atoms with Gasteiger partial charge in [0.25, 0.3) is 5.91 Å². The lowest BCUT2D eigenvalue weighted by Crippen LogP contribution is -3.00. The van der Waals surface area contributed by atoms with Crippen LogP contribution in [0, 0.1) is 0 Å². The predicted molar refractivity (Wildman–Crippen MR) is 61.3 cm³/mol. The summed E-state index contributed by atoms with van der Waals surface area (Å²) in [6.07, 6.45) is 4.38. The van der Waals surface area contributed by atoms with Gasteiger partial charge >= 0.3 is 7.60 Å². The van der Waals surface area contributed by atoms with Gasteiger partial charge in [-0.25, -0.2) is 4.57 Å². The number of nitrogens with zero attached hydrogens (tertiary/aromatic N) is 1. The maximum atomic E-state index is 10.9. The standard InChI is InChI=1S/C10H15N2O4P.BrH/c11-10(13)9-4-3-6-12(8-9)5-1-2-7-17(14,15)16;/h3-4,6,8H,1-2,5,7H2,(H3-,11,13,14,15,16);1H. The second kappa shape index (κ2) is 7.63. The normalized spacial score (nSPS) is 10.8. The van der Waals surface area contributed by atoms with Gasteiger partial charge in [0.05, 0.1) is 6.16 Å². The molecule has 1 aromatic rings. The first kappa shape index (κ1) is 17.2. The van der Waals surface area contributed by atoms with Crippen molar-refractivity contribution < 1.29 is 40.7 Å². The van der Waals surface area contributed by atoms with Gasteiger partial charge in [0.1, 0.15) is 12.1 Å². The van der Waals surface area contributed by atoms with Crippen molar-refractivity contribution in [2.24, 2.45) is 5.73 Å². The molecule has 0 spiro atoms. The van der Waals surface area contributed by atoms with E-state index in [1.807, 2.05) is 0 Å². The molecule has 0 unspecified atom stereocenters. The lowest BCUT2D eigenvalue weighted by molar-refractivity contribution is -0.697. The van der Waals surface area contributed by atoms with Crippen LogP contribution in [0.4, 0.5) is 0 Å². The van der Waals surface area contributed by atoms with Gasteiger partial charge in [-0.05, 0) is 12.5 Å². The smallest absolute Gasteiger partial charge is 0.325 e. The molecule has 1 rings (SSSR count). The molecule has 0 bridgehead atoms. The van der Waals surface area contributed by atoms with Crippen LogP contribution in [0.25, 0.3) is 0 Å². The van der Waals surface area contributed by atoms with E-state index in [-0.39, 0.29) is 23.1 Å². The van der Waals surface area contributed by atoms with Crippen LogP contribution in [-0.4, -0.2) is 21.9 Å². The van der Waals surface area contributed by atoms with Crippen molar-refractivity contribution in [2.45, 2.75) is 19.4 Å². The molecule has 0 radical (unpaired) electrons. The Hall–Kier alpha value is -0.750. The van der Waals surface area contributed by atoms with E-state index in [0.717, 1.165) is 0 Å². The van der Waals surface area contributed by atoms with Gasteiger partial charge < -0.3 is 32.5 Å². The fraction of sp³-hybridized carbons (Fsp3) is 0.400. The lowest BCUT2D eigenvalue weighted by Gasteiger charge is -2.02. The van der Waals surface area contributed by atoms with E-state index in [9.17, 15) is 9.36 Å². The quantitative estimate of drug-likeness (QED) is 0.293. The molecule has 6 nitrogen and oxygen atoms in total. The number of primary amides is 1. The number of amides is 1. The van der Waals surface area contributed by atoms with E-state index in [1.54, 1.807) is 29.1 Å². The number of unbranched alkanes of at least 4 members (excludes halogenated alkanes) is 1. The molecule has 0 fully saturated rings. The Balaban J connectivity index is 0.00000289. The first-order chi connectivity index (χ1) is 7.88. The molecule has 4 N–H and O–H groups in total. The van der Waals surface area contributed by atoms with Crippen LogP contribution >= 0.6 is 7.60 Å². The first-order valence-electron chi connectivity index (χ1n) is 5.22. The molecule has 1 aromatic heterocycles. The summed E-state index contributed by atoms with van der Waals surface area (Å²) in [6, 6.07) is 3.33. The minimum absolute atomic E-state index is 0. The van der Waals surface area contributed by atoms with Gasteiger partial charge in [-0.2, -0.15) is 0 Å². The van der Waals surface area contributed by atoms with Crippen molar-refractivity contribution in [1.82, 2.24) is 0 Å². The second-order valence-electron chi connectivity index (χ2n) is 3.79. The number of hydrogen-bond acceptors (Lipinski definition) is 2. The maximum Gasteiger partial charge on any atom is 0.325 e. The predicted octanol–water partition coefficient (Wildman–Crippen LogP) is -2.97. The van der Waals surface area contributed by atoms with Crippen LogP contribution < -0.4 is 27.3 Å². The fourth-order valence-electron chi connectivity index (χ4n) is 1.42. The summed E-state index contributed by atoms with van der Waals surface area (Å²) in [5, 5.41) is 0. The number of aryl methyl sites for hydroxylation is 1. The molecule has 0 aliphatic heterocycles. The Bertz CT molecular complexity index is 449. The van der Waals surface area contributed by atoms with E-state index in [0.29, 0.717) is 24.9 Å². The van der Waals surface area contributed by atoms with E-state index in [2.05, 4.69) is 0 Å². The van der Waals surface area contributed by atoms with Crippen LogP contribution in [-0.2, 0) is 11.1 Å². The minimum atomic E-state index is -3.90. The van der Waals surface area contributed by atoms with E-state index in [1.165, 1.54) is 0 Å². The van der Waals surface area contributed by atoms with E-state index < -0.39 is 13.5 Å². The number of halogens is 1. The monoisotopic (exact) mass is 338 g/mol. The number of pyridine rings is 1. The fourth-order valence-corrected chi connectivity index (χ4v) is 2.05. The van der Waals surface area contributed by atoms with Crippen molar-refractivity contribution in [2.75, 3.05) is 6.16 Å². The second-order valence-corrected chi connectivity index (χ2v) is 5.57. The molecule has 0 aliphatic rings. The average Bonchev–Trinajstić information content (AvgIpc) is 2.23. The molecule has 0 aromatic carbocycles. The summed E-state index contributed by atoms with van der Waals surface area (Å²) in [5.41, 5.74) is 5.56. The number of carbonyl (C=O) groups excluding carboxylic acids is 1. The number of aromatic nitrogens is 1. The average molecular weight is 339 g/mol. The third-order valence-corrected chi connectivity index (χ3v) is 3.16. The van der Waals surface area contributed by atoms with Crippen molar-refractivity contribution in [3.05, 3.63) is 30.1 Å². The Morgan fingerprint density at radius 3 is 2.61 bits per heavy atom. The molecule has 0 atom stereocenters. The molecule has 18 heavy (non-hydrogen) atoms. The molecule has 102 valence electrons. The largest absolute Gasteiger partial charge is 1.00 e. The highest BCUT2D eigenvalue weighted by atomic mass is 79.9. The minimum Gasteiger partial charge on any atom is -1.00 e. The van der Waals surface area contributed by atoms with Gasteiger partial charge in [-0.1, -0.05) is 0 Å². The van der Waals surface area contributed by atoms with Crippen LogP contribution in [0.2, 0.25) is 0 Å². The molecule has 0 saturated heterocycles. The van der Waals surface area contributed by atoms with Gasteiger partial charge in [0, 0.05) is 12.5 Å². The molecule has 1 amide bonds.